The Hall–Kier alpha value is -2.44. The Morgan fingerprint density at radius 3 is 2.81 bits per heavy atom. The van der Waals surface area contributed by atoms with Crippen molar-refractivity contribution in [2.75, 3.05) is 0 Å². The maximum atomic E-state index is 12.2. The van der Waals surface area contributed by atoms with E-state index in [1.807, 2.05) is 0 Å². The highest BCUT2D eigenvalue weighted by Crippen LogP contribution is 2.42. The Labute approximate surface area is 118 Å². The van der Waals surface area contributed by atoms with Gasteiger partial charge in [0.2, 0.25) is 11.7 Å². The van der Waals surface area contributed by atoms with Gasteiger partial charge in [-0.25, -0.2) is 9.78 Å². The van der Waals surface area contributed by atoms with Crippen LogP contribution in [0, 0.1) is 0 Å². The monoisotopic (exact) mass is 295 g/mol. The van der Waals surface area contributed by atoms with Crippen molar-refractivity contribution in [3.05, 3.63) is 35.7 Å². The molecule has 1 aliphatic rings. The second-order valence-electron chi connectivity index (χ2n) is 4.72. The Balaban J connectivity index is 1.96. The molecule has 0 radical (unpaired) electrons. The molecule has 110 valence electrons. The molecule has 0 atom stereocenters. The summed E-state index contributed by atoms with van der Waals surface area (Å²) in [7, 11) is 0. The van der Waals surface area contributed by atoms with E-state index in [2.05, 4.69) is 9.72 Å². The summed E-state index contributed by atoms with van der Waals surface area (Å²) in [4.78, 5) is 15.3. The van der Waals surface area contributed by atoms with Crippen LogP contribution in [0.15, 0.2) is 28.7 Å². The van der Waals surface area contributed by atoms with Crippen LogP contribution in [0.4, 0.5) is 8.78 Å². The van der Waals surface area contributed by atoms with Crippen molar-refractivity contribution in [3.8, 4) is 17.2 Å². The molecule has 1 N–H and O–H groups in total. The van der Waals surface area contributed by atoms with Crippen LogP contribution >= 0.6 is 0 Å². The molecule has 1 fully saturated rings. The van der Waals surface area contributed by atoms with Crippen molar-refractivity contribution in [3.63, 3.8) is 0 Å². The minimum absolute atomic E-state index is 0.0365. The fourth-order valence-electron chi connectivity index (χ4n) is 2.05. The highest BCUT2D eigenvalue weighted by Gasteiger charge is 2.33. The zero-order valence-electron chi connectivity index (χ0n) is 10.8. The zero-order chi connectivity index (χ0) is 15.0. The molecule has 0 amide bonds. The Kier molecular flexibility index (Phi) is 3.32. The van der Waals surface area contributed by atoms with Gasteiger partial charge in [0.05, 0.1) is 5.69 Å². The van der Waals surface area contributed by atoms with Crippen molar-refractivity contribution in [1.82, 2.24) is 4.98 Å². The number of oxazole rings is 1. The molecular formula is C14H11F2NO4. The van der Waals surface area contributed by atoms with Gasteiger partial charge in [0, 0.05) is 11.5 Å². The molecule has 0 saturated heterocycles. The Morgan fingerprint density at radius 2 is 2.19 bits per heavy atom. The summed E-state index contributed by atoms with van der Waals surface area (Å²) in [5.41, 5.74) is 0.806. The lowest BCUT2D eigenvalue weighted by Crippen LogP contribution is -2.01. The van der Waals surface area contributed by atoms with Gasteiger partial charge in [0.25, 0.3) is 0 Å². The van der Waals surface area contributed by atoms with E-state index in [-0.39, 0.29) is 23.3 Å². The summed E-state index contributed by atoms with van der Waals surface area (Å²) in [5.74, 6) is -1.21. The van der Waals surface area contributed by atoms with Crippen LogP contribution < -0.4 is 4.74 Å². The van der Waals surface area contributed by atoms with Gasteiger partial charge < -0.3 is 14.3 Å². The van der Waals surface area contributed by atoms with E-state index < -0.39 is 12.6 Å². The number of aromatic carboxylic acids is 1. The first kappa shape index (κ1) is 13.5. The molecule has 7 heteroatoms. The van der Waals surface area contributed by atoms with Crippen LogP contribution in [0.25, 0.3) is 11.5 Å². The number of halogens is 2. The number of benzene rings is 1. The van der Waals surface area contributed by atoms with Crippen LogP contribution in [0.5, 0.6) is 5.75 Å². The van der Waals surface area contributed by atoms with Crippen LogP contribution in [0.2, 0.25) is 0 Å². The minimum atomic E-state index is -2.93. The number of carbonyl (C=O) groups is 1. The highest BCUT2D eigenvalue weighted by atomic mass is 19.3. The SMILES string of the molecule is O=C(O)c1oc(-c2cccc(OC(F)F)c2)nc1C1CC1. The second-order valence-corrected chi connectivity index (χ2v) is 4.72. The van der Waals surface area contributed by atoms with Crippen LogP contribution in [-0.2, 0) is 0 Å². The van der Waals surface area contributed by atoms with Gasteiger partial charge in [0.1, 0.15) is 5.75 Å². The van der Waals surface area contributed by atoms with E-state index >= 15 is 0 Å². The Morgan fingerprint density at radius 1 is 1.43 bits per heavy atom. The van der Waals surface area contributed by atoms with Crippen LogP contribution in [0.3, 0.4) is 0 Å². The van der Waals surface area contributed by atoms with Crippen molar-refractivity contribution >= 4 is 5.97 Å². The van der Waals surface area contributed by atoms with E-state index in [9.17, 15) is 13.6 Å². The predicted octanol–water partition coefficient (Wildman–Crippen LogP) is 3.52. The van der Waals surface area contributed by atoms with E-state index in [0.29, 0.717) is 11.3 Å². The summed E-state index contributed by atoms with van der Waals surface area (Å²) >= 11 is 0. The summed E-state index contributed by atoms with van der Waals surface area (Å²) in [6.07, 6.45) is 1.75. The number of nitrogens with zero attached hydrogens (tertiary/aromatic N) is 1. The van der Waals surface area contributed by atoms with Gasteiger partial charge in [0.15, 0.2) is 0 Å². The molecule has 1 aliphatic carbocycles. The summed E-state index contributed by atoms with van der Waals surface area (Å²) < 4.78 is 34.0. The second kappa shape index (κ2) is 5.16. The van der Waals surface area contributed by atoms with Crippen molar-refractivity contribution in [2.45, 2.75) is 25.4 Å². The first-order chi connectivity index (χ1) is 10.0. The van der Waals surface area contributed by atoms with Gasteiger partial charge in [-0.1, -0.05) is 6.07 Å². The number of aromatic nitrogens is 1. The molecule has 0 bridgehead atoms. The van der Waals surface area contributed by atoms with Gasteiger partial charge >= 0.3 is 12.6 Å². The molecule has 0 aliphatic heterocycles. The van der Waals surface area contributed by atoms with Crippen LogP contribution in [-0.4, -0.2) is 22.7 Å². The van der Waals surface area contributed by atoms with E-state index in [1.165, 1.54) is 18.2 Å². The number of rotatable bonds is 5. The fraction of sp³-hybridized carbons (Fsp3) is 0.286. The van der Waals surface area contributed by atoms with Crippen molar-refractivity contribution < 1.29 is 27.8 Å². The number of hydrogen-bond donors (Lipinski definition) is 1. The van der Waals surface area contributed by atoms with Crippen LogP contribution in [0.1, 0.15) is 35.0 Å². The lowest BCUT2D eigenvalue weighted by Gasteiger charge is -2.04. The Bertz CT molecular complexity index is 679. The number of hydrogen-bond acceptors (Lipinski definition) is 4. The molecule has 3 rings (SSSR count). The average molecular weight is 295 g/mol. The lowest BCUT2D eigenvalue weighted by molar-refractivity contribution is -0.0498. The van der Waals surface area contributed by atoms with Gasteiger partial charge in [-0.15, -0.1) is 0 Å². The molecule has 21 heavy (non-hydrogen) atoms. The van der Waals surface area contributed by atoms with Crippen molar-refractivity contribution in [1.29, 1.82) is 0 Å². The molecule has 2 aromatic rings. The van der Waals surface area contributed by atoms with Gasteiger partial charge in [-0.2, -0.15) is 8.78 Å². The molecule has 1 aromatic carbocycles. The molecule has 0 spiro atoms. The first-order valence-corrected chi connectivity index (χ1v) is 6.34. The molecule has 1 saturated carbocycles. The first-order valence-electron chi connectivity index (χ1n) is 6.34. The molecular weight excluding hydrogens is 284 g/mol. The third-order valence-corrected chi connectivity index (χ3v) is 3.12. The molecule has 5 nitrogen and oxygen atoms in total. The maximum absolute atomic E-state index is 12.2. The number of carboxylic acids is 1. The topological polar surface area (TPSA) is 72.6 Å². The number of ether oxygens (including phenoxy) is 1. The van der Waals surface area contributed by atoms with Gasteiger partial charge in [-0.05, 0) is 31.0 Å². The standard InChI is InChI=1S/C14H11F2NO4/c15-14(16)20-9-3-1-2-8(6-9)12-17-10(7-4-5-7)11(21-12)13(18)19/h1-3,6-7,14H,4-5H2,(H,18,19). The third-order valence-electron chi connectivity index (χ3n) is 3.12. The molecule has 1 aromatic heterocycles. The minimum Gasteiger partial charge on any atom is -0.475 e. The average Bonchev–Trinajstić information content (AvgIpc) is 3.16. The summed E-state index contributed by atoms with van der Waals surface area (Å²) in [5, 5.41) is 9.12. The van der Waals surface area contributed by atoms with Crippen molar-refractivity contribution in [2.24, 2.45) is 0 Å². The van der Waals surface area contributed by atoms with E-state index in [1.54, 1.807) is 6.07 Å². The van der Waals surface area contributed by atoms with E-state index in [0.717, 1.165) is 12.8 Å². The smallest absolute Gasteiger partial charge is 0.387 e. The summed E-state index contributed by atoms with van der Waals surface area (Å²) in [6, 6.07) is 5.81. The number of carboxylic acid groups (broad SMARTS) is 1. The summed E-state index contributed by atoms with van der Waals surface area (Å²) in [6.45, 7) is -2.93. The normalized spacial score (nSPS) is 14.4. The highest BCUT2D eigenvalue weighted by molar-refractivity contribution is 5.86. The van der Waals surface area contributed by atoms with Gasteiger partial charge in [-0.3, -0.25) is 0 Å². The number of alkyl halides is 2. The fourth-order valence-corrected chi connectivity index (χ4v) is 2.05. The molecule has 0 unspecified atom stereocenters. The molecule has 1 heterocycles. The largest absolute Gasteiger partial charge is 0.475 e. The zero-order valence-corrected chi connectivity index (χ0v) is 10.8. The lowest BCUT2D eigenvalue weighted by atomic mass is 10.2. The maximum Gasteiger partial charge on any atom is 0.387 e. The predicted molar refractivity (Wildman–Crippen MR) is 67.5 cm³/mol. The quantitative estimate of drug-likeness (QED) is 0.913. The van der Waals surface area contributed by atoms with E-state index in [4.69, 9.17) is 9.52 Å². The third kappa shape index (κ3) is 2.86.